The predicted molar refractivity (Wildman–Crippen MR) is 79.6 cm³/mol. The molecule has 17 heavy (non-hydrogen) atoms. The number of hydrogen-bond donors (Lipinski definition) is 0. The summed E-state index contributed by atoms with van der Waals surface area (Å²) >= 11 is 0. The van der Waals surface area contributed by atoms with Gasteiger partial charge in [-0.15, -0.1) is 0 Å². The number of aliphatic imine (C=N–C) groups is 1. The van der Waals surface area contributed by atoms with Gasteiger partial charge < -0.3 is 0 Å². The molecule has 0 atom stereocenters. The van der Waals surface area contributed by atoms with E-state index >= 15 is 0 Å². The van der Waals surface area contributed by atoms with E-state index in [1.807, 2.05) is 33.9 Å². The third-order valence-electron chi connectivity index (χ3n) is 2.66. The highest BCUT2D eigenvalue weighted by Gasteiger charge is 1.99. The molecule has 0 heterocycles. The molecule has 0 bridgehead atoms. The standard InChI is InChI=1S/C14H19N.C2H6/c1-5-13-7-9-14(10-8-13)11(3)12(4)15-6-2;1-2/h6-10H,5H2,1-4H3;1-2H3/b12-11+,15-6?;. The Morgan fingerprint density at radius 1 is 1.12 bits per heavy atom. The summed E-state index contributed by atoms with van der Waals surface area (Å²) in [6.07, 6.45) is 2.92. The summed E-state index contributed by atoms with van der Waals surface area (Å²) in [4.78, 5) is 4.30. The number of benzene rings is 1. The zero-order valence-electron chi connectivity index (χ0n) is 12.0. The van der Waals surface area contributed by atoms with Gasteiger partial charge in [-0.05, 0) is 43.9 Å². The van der Waals surface area contributed by atoms with Gasteiger partial charge in [0.1, 0.15) is 0 Å². The van der Waals surface area contributed by atoms with Crippen LogP contribution >= 0.6 is 0 Å². The molecule has 0 unspecified atom stereocenters. The van der Waals surface area contributed by atoms with E-state index in [9.17, 15) is 0 Å². The normalized spacial score (nSPS) is 11.9. The lowest BCUT2D eigenvalue weighted by molar-refractivity contribution is 1.14. The maximum atomic E-state index is 4.30. The first-order valence-corrected chi connectivity index (χ1v) is 6.44. The second kappa shape index (κ2) is 8.74. The van der Waals surface area contributed by atoms with Crippen LogP contribution in [0.1, 0.15) is 52.7 Å². The van der Waals surface area contributed by atoms with E-state index in [1.54, 1.807) is 0 Å². The highest BCUT2D eigenvalue weighted by molar-refractivity contribution is 5.69. The molecule has 1 heteroatoms. The van der Waals surface area contributed by atoms with Gasteiger partial charge >= 0.3 is 0 Å². The molecule has 0 aliphatic heterocycles. The number of hydrogen-bond acceptors (Lipinski definition) is 1. The van der Waals surface area contributed by atoms with Gasteiger partial charge in [0, 0.05) is 11.9 Å². The maximum absolute atomic E-state index is 4.30. The average molecular weight is 231 g/mol. The Bertz CT molecular complexity index is 369. The molecule has 94 valence electrons. The Kier molecular flexibility index (Phi) is 8.04. The van der Waals surface area contributed by atoms with Crippen molar-refractivity contribution in [3.63, 3.8) is 0 Å². The molecule has 1 nitrogen and oxygen atoms in total. The van der Waals surface area contributed by atoms with E-state index in [1.165, 1.54) is 16.7 Å². The molecule has 0 amide bonds. The van der Waals surface area contributed by atoms with Crippen LogP contribution in [0.2, 0.25) is 0 Å². The minimum Gasteiger partial charge on any atom is -0.266 e. The molecular weight excluding hydrogens is 206 g/mol. The van der Waals surface area contributed by atoms with Crippen molar-refractivity contribution in [3.05, 3.63) is 41.1 Å². The molecule has 0 aromatic heterocycles. The smallest absolute Gasteiger partial charge is 0.0403 e. The molecule has 0 saturated carbocycles. The van der Waals surface area contributed by atoms with Crippen molar-refractivity contribution in [2.24, 2.45) is 4.99 Å². The monoisotopic (exact) mass is 231 g/mol. The molecule has 0 aliphatic rings. The molecule has 0 spiro atoms. The Morgan fingerprint density at radius 2 is 1.65 bits per heavy atom. The quantitative estimate of drug-likeness (QED) is 0.640. The molecule has 1 rings (SSSR count). The second-order valence-corrected chi connectivity index (χ2v) is 3.65. The number of allylic oxidation sites excluding steroid dienone is 2. The fourth-order valence-corrected chi connectivity index (χ4v) is 1.49. The van der Waals surface area contributed by atoms with E-state index < -0.39 is 0 Å². The van der Waals surface area contributed by atoms with Crippen molar-refractivity contribution in [1.82, 2.24) is 0 Å². The van der Waals surface area contributed by atoms with Gasteiger partial charge in [0.05, 0.1) is 0 Å². The minimum atomic E-state index is 1.08. The van der Waals surface area contributed by atoms with E-state index in [-0.39, 0.29) is 0 Å². The molecule has 0 fully saturated rings. The zero-order valence-corrected chi connectivity index (χ0v) is 12.0. The Hall–Kier alpha value is -1.37. The summed E-state index contributed by atoms with van der Waals surface area (Å²) in [6, 6.07) is 8.70. The predicted octanol–water partition coefficient (Wildman–Crippen LogP) is 5.12. The fourth-order valence-electron chi connectivity index (χ4n) is 1.49. The highest BCUT2D eigenvalue weighted by atomic mass is 14.7. The molecule has 1 aromatic rings. The lowest BCUT2D eigenvalue weighted by Gasteiger charge is -2.05. The topological polar surface area (TPSA) is 12.4 Å². The zero-order chi connectivity index (χ0) is 13.3. The largest absolute Gasteiger partial charge is 0.266 e. The molecule has 0 saturated heterocycles. The van der Waals surface area contributed by atoms with Gasteiger partial charge in [0.15, 0.2) is 0 Å². The summed E-state index contributed by atoms with van der Waals surface area (Å²) in [6.45, 7) is 12.3. The third kappa shape index (κ3) is 4.99. The molecular formula is C16H25N. The SMILES string of the molecule is CC.CC=N/C(C)=C(\C)c1ccc(CC)cc1. The summed E-state index contributed by atoms with van der Waals surface area (Å²) in [5.74, 6) is 0. The third-order valence-corrected chi connectivity index (χ3v) is 2.66. The van der Waals surface area contributed by atoms with Gasteiger partial charge in [-0.2, -0.15) is 0 Å². The minimum absolute atomic E-state index is 1.08. The lowest BCUT2D eigenvalue weighted by Crippen LogP contribution is -1.85. The first kappa shape index (κ1) is 15.6. The van der Waals surface area contributed by atoms with Crippen molar-refractivity contribution in [3.8, 4) is 0 Å². The van der Waals surface area contributed by atoms with Gasteiger partial charge in [-0.3, -0.25) is 4.99 Å². The Labute approximate surface area is 106 Å². The van der Waals surface area contributed by atoms with Crippen molar-refractivity contribution in [2.75, 3.05) is 0 Å². The van der Waals surface area contributed by atoms with Crippen LogP contribution in [0.3, 0.4) is 0 Å². The van der Waals surface area contributed by atoms with Crippen LogP contribution in [0, 0.1) is 0 Å². The highest BCUT2D eigenvalue weighted by Crippen LogP contribution is 2.19. The first-order chi connectivity index (χ1) is 8.19. The van der Waals surface area contributed by atoms with Gasteiger partial charge in [0.25, 0.3) is 0 Å². The summed E-state index contributed by atoms with van der Waals surface area (Å²) in [5, 5.41) is 0. The van der Waals surface area contributed by atoms with Crippen molar-refractivity contribution < 1.29 is 0 Å². The van der Waals surface area contributed by atoms with Crippen LogP contribution in [0.5, 0.6) is 0 Å². The molecule has 0 aliphatic carbocycles. The van der Waals surface area contributed by atoms with Crippen LogP contribution < -0.4 is 0 Å². The number of aryl methyl sites for hydroxylation is 1. The van der Waals surface area contributed by atoms with Crippen LogP contribution in [0.25, 0.3) is 5.57 Å². The van der Waals surface area contributed by atoms with E-state index in [4.69, 9.17) is 0 Å². The van der Waals surface area contributed by atoms with Gasteiger partial charge in [0.2, 0.25) is 0 Å². The molecule has 0 N–H and O–H groups in total. The Morgan fingerprint density at radius 3 is 2.06 bits per heavy atom. The van der Waals surface area contributed by atoms with E-state index in [0.717, 1.165) is 12.1 Å². The van der Waals surface area contributed by atoms with Gasteiger partial charge in [-0.1, -0.05) is 45.0 Å². The average Bonchev–Trinajstić information content (AvgIpc) is 2.40. The number of nitrogens with zero attached hydrogens (tertiary/aromatic N) is 1. The van der Waals surface area contributed by atoms with Crippen molar-refractivity contribution >= 4 is 11.8 Å². The van der Waals surface area contributed by atoms with Crippen molar-refractivity contribution in [1.29, 1.82) is 0 Å². The van der Waals surface area contributed by atoms with E-state index in [2.05, 4.69) is 43.1 Å². The summed E-state index contributed by atoms with van der Waals surface area (Å²) < 4.78 is 0. The van der Waals surface area contributed by atoms with Crippen LogP contribution in [0.15, 0.2) is 35.0 Å². The first-order valence-electron chi connectivity index (χ1n) is 6.44. The second-order valence-electron chi connectivity index (χ2n) is 3.65. The van der Waals surface area contributed by atoms with Crippen LogP contribution in [-0.4, -0.2) is 6.21 Å². The van der Waals surface area contributed by atoms with E-state index in [0.29, 0.717) is 0 Å². The lowest BCUT2D eigenvalue weighted by atomic mass is 10.0. The van der Waals surface area contributed by atoms with Gasteiger partial charge in [-0.25, -0.2) is 0 Å². The molecule has 0 radical (unpaired) electrons. The summed E-state index contributed by atoms with van der Waals surface area (Å²) in [5.41, 5.74) is 4.97. The van der Waals surface area contributed by atoms with Crippen molar-refractivity contribution in [2.45, 2.75) is 48.0 Å². The fraction of sp³-hybridized carbons (Fsp3) is 0.438. The maximum Gasteiger partial charge on any atom is 0.0403 e. The summed E-state index contributed by atoms with van der Waals surface area (Å²) in [7, 11) is 0. The number of rotatable bonds is 3. The van der Waals surface area contributed by atoms with Crippen LogP contribution in [0.4, 0.5) is 0 Å². The van der Waals surface area contributed by atoms with Crippen LogP contribution in [-0.2, 0) is 6.42 Å². The Balaban J connectivity index is 0.00000121. The molecule has 1 aromatic carbocycles.